The van der Waals surface area contributed by atoms with Gasteiger partial charge in [0.15, 0.2) is 11.6 Å². The van der Waals surface area contributed by atoms with E-state index in [4.69, 9.17) is 0 Å². The van der Waals surface area contributed by atoms with Crippen LogP contribution in [0.15, 0.2) is 24.3 Å². The molecular weight excluding hydrogens is 250 g/mol. The van der Waals surface area contributed by atoms with Crippen LogP contribution < -0.4 is 0 Å². The van der Waals surface area contributed by atoms with Crippen LogP contribution in [0.25, 0.3) is 11.3 Å². The first-order valence-electron chi connectivity index (χ1n) is 5.75. The molecule has 0 saturated carbocycles. The summed E-state index contributed by atoms with van der Waals surface area (Å²) in [4.78, 5) is 19.4. The van der Waals surface area contributed by atoms with Crippen LogP contribution >= 0.6 is 0 Å². The minimum absolute atomic E-state index is 0.0539. The molecule has 0 fully saturated rings. The minimum atomic E-state index is -0.929. The fraction of sp³-hybridized carbons (Fsp3) is 0.214. The molecule has 1 aromatic carbocycles. The predicted octanol–water partition coefficient (Wildman–Crippen LogP) is 2.86. The number of carbonyl (C=O) groups excluding carboxylic acids is 1. The zero-order valence-electron chi connectivity index (χ0n) is 10.6. The van der Waals surface area contributed by atoms with E-state index >= 15 is 0 Å². The average molecular weight is 262 g/mol. The molecule has 0 saturated heterocycles. The summed E-state index contributed by atoms with van der Waals surface area (Å²) in [7, 11) is 0. The smallest absolute Gasteiger partial charge is 0.159 e. The van der Waals surface area contributed by atoms with Crippen LogP contribution in [0.5, 0.6) is 0 Å². The van der Waals surface area contributed by atoms with Gasteiger partial charge in [-0.05, 0) is 38.1 Å². The summed E-state index contributed by atoms with van der Waals surface area (Å²) in [5.74, 6) is -1.51. The summed E-state index contributed by atoms with van der Waals surface area (Å²) in [6.07, 6.45) is 0.123. The van der Waals surface area contributed by atoms with E-state index in [1.54, 1.807) is 13.0 Å². The maximum absolute atomic E-state index is 13.2. The lowest BCUT2D eigenvalue weighted by molar-refractivity contribution is -0.116. The Balaban J connectivity index is 2.46. The second-order valence-corrected chi connectivity index (χ2v) is 4.32. The number of hydrogen-bond acceptors (Lipinski definition) is 3. The second kappa shape index (κ2) is 5.22. The van der Waals surface area contributed by atoms with E-state index in [1.807, 2.05) is 0 Å². The SMILES string of the molecule is CC(=O)Cc1nc(C)cc(-c2ccc(F)c(F)c2)n1. The van der Waals surface area contributed by atoms with Crippen LogP contribution in [0, 0.1) is 18.6 Å². The number of rotatable bonds is 3. The highest BCUT2D eigenvalue weighted by molar-refractivity contribution is 5.77. The first kappa shape index (κ1) is 13.3. The van der Waals surface area contributed by atoms with Crippen molar-refractivity contribution in [3.05, 3.63) is 47.4 Å². The molecular formula is C14H12F2N2O. The Labute approximate surface area is 109 Å². The molecule has 0 radical (unpaired) electrons. The highest BCUT2D eigenvalue weighted by Gasteiger charge is 2.09. The Kier molecular flexibility index (Phi) is 3.64. The van der Waals surface area contributed by atoms with E-state index in [9.17, 15) is 13.6 Å². The molecule has 0 unspecified atom stereocenters. The molecule has 2 aromatic rings. The first-order valence-corrected chi connectivity index (χ1v) is 5.75. The van der Waals surface area contributed by atoms with Crippen LogP contribution in [0.4, 0.5) is 8.78 Å². The normalized spacial score (nSPS) is 10.5. The summed E-state index contributed by atoms with van der Waals surface area (Å²) in [5.41, 5.74) is 1.60. The van der Waals surface area contributed by atoms with Crippen LogP contribution in [0.3, 0.4) is 0 Å². The Morgan fingerprint density at radius 2 is 1.89 bits per heavy atom. The summed E-state index contributed by atoms with van der Waals surface area (Å²) >= 11 is 0. The van der Waals surface area contributed by atoms with Gasteiger partial charge >= 0.3 is 0 Å². The molecule has 0 aliphatic carbocycles. The van der Waals surface area contributed by atoms with Crippen LogP contribution in [0.2, 0.25) is 0 Å². The van der Waals surface area contributed by atoms with Crippen molar-refractivity contribution in [1.29, 1.82) is 0 Å². The Hall–Kier alpha value is -2.17. The number of aromatic nitrogens is 2. The van der Waals surface area contributed by atoms with Gasteiger partial charge in [-0.25, -0.2) is 18.7 Å². The van der Waals surface area contributed by atoms with Crippen molar-refractivity contribution in [3.63, 3.8) is 0 Å². The third kappa shape index (κ3) is 3.19. The second-order valence-electron chi connectivity index (χ2n) is 4.32. The quantitative estimate of drug-likeness (QED) is 0.854. The first-order chi connectivity index (χ1) is 8.95. The zero-order valence-corrected chi connectivity index (χ0v) is 10.6. The van der Waals surface area contributed by atoms with Gasteiger partial charge in [-0.2, -0.15) is 0 Å². The van der Waals surface area contributed by atoms with Crippen molar-refractivity contribution in [2.75, 3.05) is 0 Å². The standard InChI is InChI=1S/C14H12F2N2O/c1-8-5-13(18-14(17-8)6-9(2)19)10-3-4-11(15)12(16)7-10/h3-5,7H,6H2,1-2H3. The number of benzene rings is 1. The molecule has 0 bridgehead atoms. The van der Waals surface area contributed by atoms with Crippen molar-refractivity contribution in [2.24, 2.45) is 0 Å². The molecule has 19 heavy (non-hydrogen) atoms. The number of Topliss-reactive ketones (excluding diaryl/α,β-unsaturated/α-hetero) is 1. The maximum atomic E-state index is 13.2. The molecule has 0 atom stereocenters. The summed E-state index contributed by atoms with van der Waals surface area (Å²) in [6.45, 7) is 3.21. The molecule has 0 spiro atoms. The average Bonchev–Trinajstić information content (AvgIpc) is 2.31. The zero-order chi connectivity index (χ0) is 14.0. The van der Waals surface area contributed by atoms with Gasteiger partial charge in [-0.1, -0.05) is 0 Å². The van der Waals surface area contributed by atoms with Gasteiger partial charge in [0.2, 0.25) is 0 Å². The Morgan fingerprint density at radius 3 is 2.53 bits per heavy atom. The lowest BCUT2D eigenvalue weighted by Crippen LogP contribution is -2.04. The molecule has 0 amide bonds. The van der Waals surface area contributed by atoms with Gasteiger partial charge in [-0.3, -0.25) is 4.79 Å². The van der Waals surface area contributed by atoms with Gasteiger partial charge in [0.1, 0.15) is 11.6 Å². The van der Waals surface area contributed by atoms with Gasteiger partial charge in [0.25, 0.3) is 0 Å². The highest BCUT2D eigenvalue weighted by Crippen LogP contribution is 2.20. The number of ketones is 1. The maximum Gasteiger partial charge on any atom is 0.159 e. The van der Waals surface area contributed by atoms with Crippen molar-refractivity contribution in [1.82, 2.24) is 9.97 Å². The van der Waals surface area contributed by atoms with Crippen LogP contribution in [-0.4, -0.2) is 15.8 Å². The van der Waals surface area contributed by atoms with Crippen molar-refractivity contribution in [3.8, 4) is 11.3 Å². The molecule has 5 heteroatoms. The van der Waals surface area contributed by atoms with Crippen LogP contribution in [0.1, 0.15) is 18.4 Å². The number of nitrogens with zero attached hydrogens (tertiary/aromatic N) is 2. The van der Waals surface area contributed by atoms with Crippen molar-refractivity contribution >= 4 is 5.78 Å². The molecule has 3 nitrogen and oxygen atoms in total. The van der Waals surface area contributed by atoms with Gasteiger partial charge in [0.05, 0.1) is 12.1 Å². The lowest BCUT2D eigenvalue weighted by Gasteiger charge is -2.05. The lowest BCUT2D eigenvalue weighted by atomic mass is 10.1. The van der Waals surface area contributed by atoms with E-state index < -0.39 is 11.6 Å². The molecule has 0 aliphatic heterocycles. The largest absolute Gasteiger partial charge is 0.300 e. The molecule has 1 aromatic heterocycles. The summed E-state index contributed by atoms with van der Waals surface area (Å²) in [5, 5.41) is 0. The molecule has 98 valence electrons. The van der Waals surface area contributed by atoms with Crippen molar-refractivity contribution in [2.45, 2.75) is 20.3 Å². The van der Waals surface area contributed by atoms with E-state index in [0.29, 0.717) is 22.8 Å². The Morgan fingerprint density at radius 1 is 1.16 bits per heavy atom. The number of carbonyl (C=O) groups is 1. The molecule has 0 N–H and O–H groups in total. The summed E-state index contributed by atoms with van der Waals surface area (Å²) in [6, 6.07) is 5.23. The van der Waals surface area contributed by atoms with Gasteiger partial charge < -0.3 is 0 Å². The monoisotopic (exact) mass is 262 g/mol. The fourth-order valence-corrected chi connectivity index (χ4v) is 1.74. The van der Waals surface area contributed by atoms with E-state index in [-0.39, 0.29) is 12.2 Å². The fourth-order valence-electron chi connectivity index (χ4n) is 1.74. The number of aryl methyl sites for hydroxylation is 1. The van der Waals surface area contributed by atoms with Crippen molar-refractivity contribution < 1.29 is 13.6 Å². The third-order valence-electron chi connectivity index (χ3n) is 2.52. The molecule has 2 rings (SSSR count). The minimum Gasteiger partial charge on any atom is -0.300 e. The van der Waals surface area contributed by atoms with Gasteiger partial charge in [-0.15, -0.1) is 0 Å². The Bertz CT molecular complexity index is 641. The van der Waals surface area contributed by atoms with E-state index in [0.717, 1.165) is 12.1 Å². The molecule has 0 aliphatic rings. The van der Waals surface area contributed by atoms with Crippen LogP contribution in [-0.2, 0) is 11.2 Å². The number of halogens is 2. The third-order valence-corrected chi connectivity index (χ3v) is 2.52. The summed E-state index contributed by atoms with van der Waals surface area (Å²) < 4.78 is 26.1. The number of hydrogen-bond donors (Lipinski definition) is 0. The highest BCUT2D eigenvalue weighted by atomic mass is 19.2. The molecule has 1 heterocycles. The predicted molar refractivity (Wildman–Crippen MR) is 66.5 cm³/mol. The van der Waals surface area contributed by atoms with E-state index in [2.05, 4.69) is 9.97 Å². The van der Waals surface area contributed by atoms with Gasteiger partial charge in [0, 0.05) is 11.3 Å². The van der Waals surface area contributed by atoms with E-state index in [1.165, 1.54) is 13.0 Å². The topological polar surface area (TPSA) is 42.9 Å².